The average molecular weight is 552 g/mol. The second kappa shape index (κ2) is 13.0. The highest BCUT2D eigenvalue weighted by Crippen LogP contribution is 2.39. The van der Waals surface area contributed by atoms with Crippen molar-refractivity contribution in [3.05, 3.63) is 65.2 Å². The maximum Gasteiger partial charge on any atom is 0.253 e. The van der Waals surface area contributed by atoms with Crippen LogP contribution in [0.25, 0.3) is 0 Å². The van der Waals surface area contributed by atoms with E-state index < -0.39 is 8.32 Å². The summed E-state index contributed by atoms with van der Waals surface area (Å²) in [6.07, 6.45) is 1.18. The van der Waals surface area contributed by atoms with Gasteiger partial charge in [0.15, 0.2) is 0 Å². The minimum Gasteiger partial charge on any atom is -0.543 e. The van der Waals surface area contributed by atoms with E-state index in [-0.39, 0.29) is 17.0 Å². The Morgan fingerprint density at radius 2 is 1.62 bits per heavy atom. The standard InChI is InChI=1S/C33H53N3O2Si/c1-11-21-35-23-26(5)36(24-25(35)4)31(27-17-19-28(20-18-27)32(37)34(12-2)13-3)29-15-14-16-30(22-29)38-39(9,10)33(6,7)8/h14-20,22,25-26,31H,11-13,21,23-24H2,1-10H3/t25-,26-,31+/m1/s1. The number of carbonyl (C=O) groups is 1. The minimum atomic E-state index is -1.97. The highest BCUT2D eigenvalue weighted by Gasteiger charge is 2.39. The fraction of sp³-hybridized carbons (Fsp3) is 0.606. The van der Waals surface area contributed by atoms with Gasteiger partial charge in [0.05, 0.1) is 6.04 Å². The molecule has 0 spiro atoms. The van der Waals surface area contributed by atoms with Crippen molar-refractivity contribution in [2.45, 2.75) is 98.1 Å². The van der Waals surface area contributed by atoms with Crippen molar-refractivity contribution >= 4 is 14.2 Å². The Morgan fingerprint density at radius 3 is 2.18 bits per heavy atom. The van der Waals surface area contributed by atoms with Crippen LogP contribution in [-0.4, -0.2) is 73.7 Å². The molecule has 0 N–H and O–H groups in total. The summed E-state index contributed by atoms with van der Waals surface area (Å²) in [5.74, 6) is 1.06. The van der Waals surface area contributed by atoms with Gasteiger partial charge >= 0.3 is 0 Å². The van der Waals surface area contributed by atoms with Crippen molar-refractivity contribution < 1.29 is 9.22 Å². The van der Waals surface area contributed by atoms with Gasteiger partial charge in [-0.25, -0.2) is 0 Å². The van der Waals surface area contributed by atoms with Crippen LogP contribution in [0.5, 0.6) is 5.75 Å². The van der Waals surface area contributed by atoms with Gasteiger partial charge in [0, 0.05) is 43.8 Å². The van der Waals surface area contributed by atoms with Crippen LogP contribution < -0.4 is 4.43 Å². The molecule has 0 aromatic heterocycles. The fourth-order valence-corrected chi connectivity index (χ4v) is 6.48. The van der Waals surface area contributed by atoms with Gasteiger partial charge < -0.3 is 9.33 Å². The molecule has 3 rings (SSSR count). The van der Waals surface area contributed by atoms with Crippen LogP contribution in [-0.2, 0) is 0 Å². The topological polar surface area (TPSA) is 36.0 Å². The Kier molecular flexibility index (Phi) is 10.5. The lowest BCUT2D eigenvalue weighted by molar-refractivity contribution is 0.0241. The summed E-state index contributed by atoms with van der Waals surface area (Å²) >= 11 is 0. The lowest BCUT2D eigenvalue weighted by Gasteiger charge is -2.47. The predicted octanol–water partition coefficient (Wildman–Crippen LogP) is 7.45. The monoisotopic (exact) mass is 551 g/mol. The molecule has 5 nitrogen and oxygen atoms in total. The normalized spacial score (nSPS) is 20.1. The first-order chi connectivity index (χ1) is 18.3. The molecule has 0 bridgehead atoms. The number of benzene rings is 2. The molecule has 2 aromatic carbocycles. The summed E-state index contributed by atoms with van der Waals surface area (Å²) in [5, 5.41) is 0.134. The molecule has 0 aliphatic carbocycles. The van der Waals surface area contributed by atoms with Crippen molar-refractivity contribution in [3.63, 3.8) is 0 Å². The zero-order valence-electron chi connectivity index (χ0n) is 26.3. The van der Waals surface area contributed by atoms with E-state index in [0.29, 0.717) is 12.1 Å². The predicted molar refractivity (Wildman–Crippen MR) is 167 cm³/mol. The molecule has 0 saturated carbocycles. The minimum absolute atomic E-state index is 0.0896. The molecule has 1 amide bonds. The van der Waals surface area contributed by atoms with E-state index in [4.69, 9.17) is 4.43 Å². The highest BCUT2D eigenvalue weighted by atomic mass is 28.4. The molecule has 3 atom stereocenters. The first kappa shape index (κ1) is 31.4. The molecule has 216 valence electrons. The summed E-state index contributed by atoms with van der Waals surface area (Å²) < 4.78 is 6.74. The van der Waals surface area contributed by atoms with Gasteiger partial charge in [0.2, 0.25) is 8.32 Å². The Labute approximate surface area is 239 Å². The molecular formula is C33H53N3O2Si. The van der Waals surface area contributed by atoms with Crippen LogP contribution in [0.15, 0.2) is 48.5 Å². The second-order valence-corrected chi connectivity index (χ2v) is 17.6. The zero-order valence-corrected chi connectivity index (χ0v) is 27.3. The van der Waals surface area contributed by atoms with Crippen LogP contribution in [0.1, 0.15) is 89.3 Å². The van der Waals surface area contributed by atoms with E-state index in [1.807, 2.05) is 30.9 Å². The van der Waals surface area contributed by atoms with E-state index in [2.05, 4.69) is 101 Å². The van der Waals surface area contributed by atoms with Crippen molar-refractivity contribution in [1.29, 1.82) is 0 Å². The Hall–Kier alpha value is -2.15. The molecule has 6 heteroatoms. The summed E-state index contributed by atoms with van der Waals surface area (Å²) in [5.41, 5.74) is 3.22. The maximum atomic E-state index is 13.0. The van der Waals surface area contributed by atoms with Gasteiger partial charge in [-0.15, -0.1) is 0 Å². The highest BCUT2D eigenvalue weighted by molar-refractivity contribution is 6.74. The van der Waals surface area contributed by atoms with E-state index in [1.54, 1.807) is 0 Å². The summed E-state index contributed by atoms with van der Waals surface area (Å²) in [4.78, 5) is 20.2. The molecular weight excluding hydrogens is 498 g/mol. The van der Waals surface area contributed by atoms with E-state index in [1.165, 1.54) is 17.5 Å². The molecule has 1 heterocycles. The van der Waals surface area contributed by atoms with Crippen LogP contribution in [0.2, 0.25) is 18.1 Å². The average Bonchev–Trinajstić information content (AvgIpc) is 2.87. The maximum absolute atomic E-state index is 13.0. The molecule has 0 unspecified atom stereocenters. The molecule has 1 fully saturated rings. The molecule has 1 aliphatic heterocycles. The lowest BCUT2D eigenvalue weighted by Crippen LogP contribution is -2.57. The van der Waals surface area contributed by atoms with Gasteiger partial charge in [-0.05, 0) is 94.2 Å². The summed E-state index contributed by atoms with van der Waals surface area (Å²) in [6, 6.07) is 18.1. The van der Waals surface area contributed by atoms with E-state index in [9.17, 15) is 4.79 Å². The van der Waals surface area contributed by atoms with Gasteiger partial charge in [-0.2, -0.15) is 0 Å². The number of piperazine rings is 1. The Bertz CT molecular complexity index is 1080. The third-order valence-corrected chi connectivity index (χ3v) is 13.2. The van der Waals surface area contributed by atoms with Gasteiger partial charge in [0.1, 0.15) is 5.75 Å². The van der Waals surface area contributed by atoms with Gasteiger partial charge in [0.25, 0.3) is 5.91 Å². The van der Waals surface area contributed by atoms with Crippen LogP contribution in [0, 0.1) is 0 Å². The number of nitrogens with zero attached hydrogens (tertiary/aromatic N) is 3. The van der Waals surface area contributed by atoms with Crippen LogP contribution in [0.4, 0.5) is 0 Å². The lowest BCUT2D eigenvalue weighted by atomic mass is 9.92. The van der Waals surface area contributed by atoms with Crippen molar-refractivity contribution in [2.24, 2.45) is 0 Å². The number of rotatable bonds is 10. The summed E-state index contributed by atoms with van der Waals surface area (Å²) in [7, 11) is -1.97. The Morgan fingerprint density at radius 1 is 0.974 bits per heavy atom. The van der Waals surface area contributed by atoms with Crippen LogP contribution in [0.3, 0.4) is 0 Å². The van der Waals surface area contributed by atoms with E-state index >= 15 is 0 Å². The first-order valence-corrected chi connectivity index (χ1v) is 17.9. The van der Waals surface area contributed by atoms with Gasteiger partial charge in [-0.3, -0.25) is 14.6 Å². The smallest absolute Gasteiger partial charge is 0.253 e. The Balaban J connectivity index is 2.02. The quantitative estimate of drug-likeness (QED) is 0.287. The zero-order chi connectivity index (χ0) is 29.0. The van der Waals surface area contributed by atoms with Crippen molar-refractivity contribution in [2.75, 3.05) is 32.7 Å². The SMILES string of the molecule is CCCN1C[C@@H](C)N([C@@H](c2ccc(C(=O)N(CC)CC)cc2)c2cccc(O[Si](C)(C)C(C)(C)C)c2)C[C@H]1C. The largest absolute Gasteiger partial charge is 0.543 e. The van der Waals surface area contributed by atoms with E-state index in [0.717, 1.165) is 44.0 Å². The third-order valence-electron chi connectivity index (χ3n) is 8.88. The number of amides is 1. The molecule has 1 aliphatic rings. The molecule has 1 saturated heterocycles. The van der Waals surface area contributed by atoms with Crippen molar-refractivity contribution in [1.82, 2.24) is 14.7 Å². The van der Waals surface area contributed by atoms with Crippen LogP contribution >= 0.6 is 0 Å². The fourth-order valence-electron chi connectivity index (χ4n) is 5.46. The van der Waals surface area contributed by atoms with Gasteiger partial charge in [-0.1, -0.05) is 52.0 Å². The molecule has 0 radical (unpaired) electrons. The number of hydrogen-bond donors (Lipinski definition) is 0. The first-order valence-electron chi connectivity index (χ1n) is 15.0. The molecule has 2 aromatic rings. The number of hydrogen-bond acceptors (Lipinski definition) is 4. The molecule has 39 heavy (non-hydrogen) atoms. The summed E-state index contributed by atoms with van der Waals surface area (Å²) in [6.45, 7) is 27.1. The second-order valence-electron chi connectivity index (χ2n) is 12.8. The third kappa shape index (κ3) is 7.33. The number of carbonyl (C=O) groups excluding carboxylic acids is 1. The van der Waals surface area contributed by atoms with Crippen molar-refractivity contribution in [3.8, 4) is 5.75 Å².